The van der Waals surface area contributed by atoms with Gasteiger partial charge < -0.3 is 14.2 Å². The van der Waals surface area contributed by atoms with Gasteiger partial charge in [0, 0.05) is 23.8 Å². The van der Waals surface area contributed by atoms with Crippen LogP contribution in [0.25, 0.3) is 0 Å². The second-order valence-electron chi connectivity index (χ2n) is 4.36. The zero-order valence-corrected chi connectivity index (χ0v) is 13.8. The SMILES string of the molecule is CCCn1cc(Br)cc1C(=O)N(CC)CC(=O)OCC. The molecule has 6 heteroatoms. The topological polar surface area (TPSA) is 51.5 Å². The average molecular weight is 345 g/mol. The van der Waals surface area contributed by atoms with Crippen LogP contribution in [0.2, 0.25) is 0 Å². The maximum absolute atomic E-state index is 12.5. The molecule has 0 aromatic carbocycles. The van der Waals surface area contributed by atoms with Gasteiger partial charge in [0.1, 0.15) is 12.2 Å². The van der Waals surface area contributed by atoms with E-state index in [0.717, 1.165) is 17.4 Å². The number of rotatable bonds is 7. The van der Waals surface area contributed by atoms with Gasteiger partial charge in [0.25, 0.3) is 5.91 Å². The number of aryl methyl sites for hydroxylation is 1. The molecule has 0 aliphatic carbocycles. The van der Waals surface area contributed by atoms with Gasteiger partial charge in [0.05, 0.1) is 6.61 Å². The van der Waals surface area contributed by atoms with Crippen LogP contribution in [0.3, 0.4) is 0 Å². The molecule has 0 saturated heterocycles. The molecule has 1 rings (SSSR count). The van der Waals surface area contributed by atoms with Crippen molar-refractivity contribution in [1.29, 1.82) is 0 Å². The molecule has 1 aromatic rings. The lowest BCUT2D eigenvalue weighted by Gasteiger charge is -2.20. The molecule has 0 radical (unpaired) electrons. The predicted molar refractivity (Wildman–Crippen MR) is 80.6 cm³/mol. The summed E-state index contributed by atoms with van der Waals surface area (Å²) in [6.45, 7) is 7.19. The molecule has 0 aliphatic rings. The molecule has 20 heavy (non-hydrogen) atoms. The van der Waals surface area contributed by atoms with Crippen molar-refractivity contribution in [1.82, 2.24) is 9.47 Å². The highest BCUT2D eigenvalue weighted by atomic mass is 79.9. The number of ether oxygens (including phenoxy) is 1. The van der Waals surface area contributed by atoms with E-state index < -0.39 is 0 Å². The summed E-state index contributed by atoms with van der Waals surface area (Å²) in [4.78, 5) is 25.5. The van der Waals surface area contributed by atoms with Crippen molar-refractivity contribution in [3.05, 3.63) is 22.4 Å². The fourth-order valence-electron chi connectivity index (χ4n) is 1.93. The minimum Gasteiger partial charge on any atom is -0.465 e. The minimum absolute atomic E-state index is 0.0158. The fraction of sp³-hybridized carbons (Fsp3) is 0.571. The minimum atomic E-state index is -0.379. The molecule has 0 bridgehead atoms. The largest absolute Gasteiger partial charge is 0.465 e. The number of hydrogen-bond donors (Lipinski definition) is 0. The monoisotopic (exact) mass is 344 g/mol. The Kier molecular flexibility index (Phi) is 6.78. The van der Waals surface area contributed by atoms with Crippen molar-refractivity contribution in [2.45, 2.75) is 33.7 Å². The third-order valence-electron chi connectivity index (χ3n) is 2.84. The maximum Gasteiger partial charge on any atom is 0.325 e. The number of nitrogens with zero attached hydrogens (tertiary/aromatic N) is 2. The van der Waals surface area contributed by atoms with Gasteiger partial charge in [-0.1, -0.05) is 6.92 Å². The number of amides is 1. The number of carbonyl (C=O) groups excluding carboxylic acids is 2. The van der Waals surface area contributed by atoms with E-state index in [4.69, 9.17) is 4.74 Å². The van der Waals surface area contributed by atoms with Crippen molar-refractivity contribution in [3.63, 3.8) is 0 Å². The molecule has 0 atom stereocenters. The Morgan fingerprint density at radius 3 is 2.60 bits per heavy atom. The molecule has 0 unspecified atom stereocenters. The highest BCUT2D eigenvalue weighted by Crippen LogP contribution is 2.17. The van der Waals surface area contributed by atoms with E-state index >= 15 is 0 Å². The van der Waals surface area contributed by atoms with Gasteiger partial charge in [-0.25, -0.2) is 0 Å². The summed E-state index contributed by atoms with van der Waals surface area (Å²) in [5, 5.41) is 0. The van der Waals surface area contributed by atoms with Gasteiger partial charge in [-0.15, -0.1) is 0 Å². The van der Waals surface area contributed by atoms with Crippen molar-refractivity contribution in [3.8, 4) is 0 Å². The first kappa shape index (κ1) is 16.8. The molecule has 5 nitrogen and oxygen atoms in total. The number of aromatic nitrogens is 1. The van der Waals surface area contributed by atoms with Crippen molar-refractivity contribution in [2.24, 2.45) is 0 Å². The van der Waals surface area contributed by atoms with E-state index in [1.807, 2.05) is 17.7 Å². The lowest BCUT2D eigenvalue weighted by Crippen LogP contribution is -2.37. The molecule has 112 valence electrons. The number of carbonyl (C=O) groups is 2. The number of halogens is 1. The summed E-state index contributed by atoms with van der Waals surface area (Å²) >= 11 is 3.38. The van der Waals surface area contributed by atoms with Crippen molar-refractivity contribution < 1.29 is 14.3 Å². The predicted octanol–water partition coefficient (Wildman–Crippen LogP) is 2.69. The third kappa shape index (κ3) is 4.37. The zero-order chi connectivity index (χ0) is 15.1. The standard InChI is InChI=1S/C14H21BrN2O3/c1-4-7-17-9-11(15)8-12(17)14(19)16(5-2)10-13(18)20-6-3/h8-9H,4-7,10H2,1-3H3. The molecular weight excluding hydrogens is 324 g/mol. The first-order valence-electron chi connectivity index (χ1n) is 6.84. The van der Waals surface area contributed by atoms with Crippen LogP contribution in [-0.4, -0.2) is 41.0 Å². The normalized spacial score (nSPS) is 10.4. The smallest absolute Gasteiger partial charge is 0.325 e. The fourth-order valence-corrected chi connectivity index (χ4v) is 2.40. The molecule has 0 saturated carbocycles. The maximum atomic E-state index is 12.5. The van der Waals surface area contributed by atoms with E-state index in [0.29, 0.717) is 18.8 Å². The highest BCUT2D eigenvalue weighted by molar-refractivity contribution is 9.10. The summed E-state index contributed by atoms with van der Waals surface area (Å²) in [6.07, 6.45) is 2.82. The molecule has 1 amide bonds. The first-order chi connectivity index (χ1) is 9.53. The van der Waals surface area contributed by atoms with Gasteiger partial charge >= 0.3 is 5.97 Å². The lowest BCUT2D eigenvalue weighted by atomic mass is 10.3. The number of hydrogen-bond acceptors (Lipinski definition) is 3. The van der Waals surface area contributed by atoms with Crippen LogP contribution in [0.4, 0.5) is 0 Å². The zero-order valence-electron chi connectivity index (χ0n) is 12.2. The van der Waals surface area contributed by atoms with Crippen molar-refractivity contribution in [2.75, 3.05) is 19.7 Å². The Balaban J connectivity index is 2.87. The van der Waals surface area contributed by atoms with Crippen LogP contribution >= 0.6 is 15.9 Å². The molecule has 0 spiro atoms. The van der Waals surface area contributed by atoms with Gasteiger partial charge in [-0.3, -0.25) is 9.59 Å². The summed E-state index contributed by atoms with van der Waals surface area (Å²) in [6, 6.07) is 1.78. The molecule has 1 heterocycles. The highest BCUT2D eigenvalue weighted by Gasteiger charge is 2.21. The molecule has 0 aliphatic heterocycles. The first-order valence-corrected chi connectivity index (χ1v) is 7.63. The molecular formula is C14H21BrN2O3. The van der Waals surface area contributed by atoms with Crippen LogP contribution in [-0.2, 0) is 16.1 Å². The quantitative estimate of drug-likeness (QED) is 0.714. The Morgan fingerprint density at radius 1 is 1.35 bits per heavy atom. The van der Waals surface area contributed by atoms with E-state index in [2.05, 4.69) is 22.9 Å². The third-order valence-corrected chi connectivity index (χ3v) is 3.27. The Morgan fingerprint density at radius 2 is 2.05 bits per heavy atom. The Labute approximate surface area is 128 Å². The molecule has 1 aromatic heterocycles. The van der Waals surface area contributed by atoms with Crippen LogP contribution in [0.1, 0.15) is 37.7 Å². The summed E-state index contributed by atoms with van der Waals surface area (Å²) < 4.78 is 7.66. The summed E-state index contributed by atoms with van der Waals surface area (Å²) in [5.74, 6) is -0.532. The second-order valence-corrected chi connectivity index (χ2v) is 5.28. The van der Waals surface area contributed by atoms with Crippen molar-refractivity contribution >= 4 is 27.8 Å². The van der Waals surface area contributed by atoms with Gasteiger partial charge in [-0.2, -0.15) is 0 Å². The number of likely N-dealkylation sites (N-methyl/N-ethyl adjacent to an activating group) is 1. The van der Waals surface area contributed by atoms with Crippen LogP contribution in [0.15, 0.2) is 16.7 Å². The molecule has 0 fully saturated rings. The summed E-state index contributed by atoms with van der Waals surface area (Å²) in [7, 11) is 0. The van der Waals surface area contributed by atoms with Crippen LogP contribution < -0.4 is 0 Å². The van der Waals surface area contributed by atoms with E-state index in [-0.39, 0.29) is 18.4 Å². The van der Waals surface area contributed by atoms with E-state index in [9.17, 15) is 9.59 Å². The Bertz CT molecular complexity index is 471. The van der Waals surface area contributed by atoms with Crippen LogP contribution in [0.5, 0.6) is 0 Å². The van der Waals surface area contributed by atoms with E-state index in [1.54, 1.807) is 13.0 Å². The van der Waals surface area contributed by atoms with Gasteiger partial charge in [0.2, 0.25) is 0 Å². The van der Waals surface area contributed by atoms with Gasteiger partial charge in [0.15, 0.2) is 0 Å². The van der Waals surface area contributed by atoms with E-state index in [1.165, 1.54) is 4.90 Å². The summed E-state index contributed by atoms with van der Waals surface area (Å²) in [5.41, 5.74) is 0.588. The Hall–Kier alpha value is -1.30. The van der Waals surface area contributed by atoms with Gasteiger partial charge in [-0.05, 0) is 42.3 Å². The van der Waals surface area contributed by atoms with Crippen LogP contribution in [0, 0.1) is 0 Å². The second kappa shape index (κ2) is 8.09. The average Bonchev–Trinajstić information content (AvgIpc) is 2.77. The lowest BCUT2D eigenvalue weighted by molar-refractivity contribution is -0.143. The number of esters is 1. The molecule has 0 N–H and O–H groups in total.